The highest BCUT2D eigenvalue weighted by atomic mass is 16.5. The van der Waals surface area contributed by atoms with E-state index in [1.54, 1.807) is 0 Å². The van der Waals surface area contributed by atoms with Crippen molar-refractivity contribution in [2.75, 3.05) is 32.8 Å². The molecule has 0 bridgehead atoms. The lowest BCUT2D eigenvalue weighted by atomic mass is 10.1. The summed E-state index contributed by atoms with van der Waals surface area (Å²) in [5.41, 5.74) is 0. The van der Waals surface area contributed by atoms with E-state index in [4.69, 9.17) is 4.74 Å². The number of hydrogen-bond donors (Lipinski definition) is 1. The third kappa shape index (κ3) is 6.97. The predicted octanol–water partition coefficient (Wildman–Crippen LogP) is 1.90. The fourth-order valence-electron chi connectivity index (χ4n) is 2.06. The van der Waals surface area contributed by atoms with Gasteiger partial charge in [0.15, 0.2) is 0 Å². The standard InChI is InChI=1S/C17H30N2O2/c1-5-14(3)8-7-9-19-10-11-21-16(13-19)12-18-17(20)15(4)6-2/h14-16H,5-6,9-13H2,1-4H3,(H,18,20)/t14?,15?,16-/m1/s1. The van der Waals surface area contributed by atoms with Crippen LogP contribution in [0.15, 0.2) is 0 Å². The first kappa shape index (κ1) is 18.0. The number of hydrogen-bond acceptors (Lipinski definition) is 3. The maximum absolute atomic E-state index is 11.8. The Morgan fingerprint density at radius 2 is 2.14 bits per heavy atom. The zero-order valence-corrected chi connectivity index (χ0v) is 13.9. The van der Waals surface area contributed by atoms with Crippen LogP contribution in [-0.2, 0) is 9.53 Å². The number of ether oxygens (including phenoxy) is 1. The molecule has 1 aliphatic heterocycles. The number of carbonyl (C=O) groups excluding carboxylic acids is 1. The molecule has 3 atom stereocenters. The van der Waals surface area contributed by atoms with E-state index in [0.717, 1.165) is 39.1 Å². The summed E-state index contributed by atoms with van der Waals surface area (Å²) < 4.78 is 5.72. The molecule has 4 heteroatoms. The topological polar surface area (TPSA) is 41.6 Å². The summed E-state index contributed by atoms with van der Waals surface area (Å²) in [4.78, 5) is 14.1. The minimum atomic E-state index is 0.0751. The largest absolute Gasteiger partial charge is 0.374 e. The molecular formula is C17H30N2O2. The van der Waals surface area contributed by atoms with E-state index in [9.17, 15) is 4.79 Å². The van der Waals surface area contributed by atoms with Crippen molar-refractivity contribution in [1.29, 1.82) is 0 Å². The van der Waals surface area contributed by atoms with Gasteiger partial charge in [0.05, 0.1) is 19.3 Å². The van der Waals surface area contributed by atoms with E-state index in [1.807, 2.05) is 13.8 Å². The highest BCUT2D eigenvalue weighted by Gasteiger charge is 2.21. The molecule has 0 radical (unpaired) electrons. The van der Waals surface area contributed by atoms with Crippen LogP contribution in [0.25, 0.3) is 0 Å². The molecule has 0 aliphatic carbocycles. The van der Waals surface area contributed by atoms with E-state index in [2.05, 4.69) is 35.9 Å². The first-order chi connectivity index (χ1) is 10.1. The van der Waals surface area contributed by atoms with Gasteiger partial charge in [-0.2, -0.15) is 0 Å². The molecule has 1 saturated heterocycles. The lowest BCUT2D eigenvalue weighted by Gasteiger charge is -2.31. The van der Waals surface area contributed by atoms with Crippen LogP contribution in [0, 0.1) is 23.7 Å². The van der Waals surface area contributed by atoms with E-state index in [0.29, 0.717) is 12.5 Å². The Bertz CT molecular complexity index is 373. The Labute approximate surface area is 129 Å². The summed E-state index contributed by atoms with van der Waals surface area (Å²) >= 11 is 0. The molecule has 0 aromatic carbocycles. The van der Waals surface area contributed by atoms with Gasteiger partial charge >= 0.3 is 0 Å². The van der Waals surface area contributed by atoms with Gasteiger partial charge in [0.25, 0.3) is 0 Å². The van der Waals surface area contributed by atoms with Gasteiger partial charge in [-0.05, 0) is 12.8 Å². The van der Waals surface area contributed by atoms with Gasteiger partial charge in [0.1, 0.15) is 0 Å². The molecule has 1 heterocycles. The van der Waals surface area contributed by atoms with E-state index >= 15 is 0 Å². The third-order valence-electron chi connectivity index (χ3n) is 4.05. The molecule has 0 saturated carbocycles. The maximum Gasteiger partial charge on any atom is 0.222 e. The summed E-state index contributed by atoms with van der Waals surface area (Å²) in [6, 6.07) is 0. The van der Waals surface area contributed by atoms with Crippen LogP contribution in [-0.4, -0.2) is 49.7 Å². The second-order valence-corrected chi connectivity index (χ2v) is 5.91. The van der Waals surface area contributed by atoms with E-state index in [1.165, 1.54) is 0 Å². The molecule has 0 aromatic heterocycles. The van der Waals surface area contributed by atoms with E-state index in [-0.39, 0.29) is 17.9 Å². The molecule has 4 nitrogen and oxygen atoms in total. The first-order valence-corrected chi connectivity index (χ1v) is 8.16. The number of nitrogens with one attached hydrogen (secondary N) is 1. The van der Waals surface area contributed by atoms with Crippen LogP contribution in [0.4, 0.5) is 0 Å². The fourth-order valence-corrected chi connectivity index (χ4v) is 2.06. The average Bonchev–Trinajstić information content (AvgIpc) is 2.51. The summed E-state index contributed by atoms with van der Waals surface area (Å²) in [6.45, 7) is 12.2. The summed E-state index contributed by atoms with van der Waals surface area (Å²) in [7, 11) is 0. The first-order valence-electron chi connectivity index (χ1n) is 8.16. The van der Waals surface area contributed by atoms with Crippen LogP contribution >= 0.6 is 0 Å². The van der Waals surface area contributed by atoms with Crippen LogP contribution in [0.5, 0.6) is 0 Å². The minimum Gasteiger partial charge on any atom is -0.374 e. The van der Waals surface area contributed by atoms with Gasteiger partial charge in [0.2, 0.25) is 5.91 Å². The molecule has 120 valence electrons. The van der Waals surface area contributed by atoms with Crippen molar-refractivity contribution >= 4 is 5.91 Å². The molecule has 0 spiro atoms. The molecular weight excluding hydrogens is 264 g/mol. The average molecular weight is 294 g/mol. The van der Waals surface area contributed by atoms with Crippen molar-refractivity contribution in [2.24, 2.45) is 11.8 Å². The quantitative estimate of drug-likeness (QED) is 0.761. The number of carbonyl (C=O) groups is 1. The van der Waals surface area contributed by atoms with Crippen molar-refractivity contribution in [3.8, 4) is 11.8 Å². The normalized spacial score (nSPS) is 22.0. The predicted molar refractivity (Wildman–Crippen MR) is 85.9 cm³/mol. The number of amides is 1. The SMILES string of the molecule is CCC(C)C#CCN1CCO[C@H](CNC(=O)C(C)CC)C1. The Morgan fingerprint density at radius 1 is 1.38 bits per heavy atom. The van der Waals surface area contributed by atoms with Crippen LogP contribution in [0.3, 0.4) is 0 Å². The second kappa shape index (κ2) is 9.81. The lowest BCUT2D eigenvalue weighted by Crippen LogP contribution is -2.48. The fraction of sp³-hybridized carbons (Fsp3) is 0.824. The highest BCUT2D eigenvalue weighted by Crippen LogP contribution is 2.05. The van der Waals surface area contributed by atoms with Crippen molar-refractivity contribution in [1.82, 2.24) is 10.2 Å². The van der Waals surface area contributed by atoms with Gasteiger partial charge in [-0.25, -0.2) is 0 Å². The summed E-state index contributed by atoms with van der Waals surface area (Å²) in [5, 5.41) is 2.98. The molecule has 1 rings (SSSR count). The molecule has 1 amide bonds. The van der Waals surface area contributed by atoms with Gasteiger partial charge in [-0.15, -0.1) is 0 Å². The van der Waals surface area contributed by atoms with Gasteiger partial charge in [-0.1, -0.05) is 39.5 Å². The Hall–Kier alpha value is -1.05. The van der Waals surface area contributed by atoms with Crippen molar-refractivity contribution in [2.45, 2.75) is 46.6 Å². The Morgan fingerprint density at radius 3 is 2.81 bits per heavy atom. The summed E-state index contributed by atoms with van der Waals surface area (Å²) in [5.74, 6) is 7.18. The second-order valence-electron chi connectivity index (χ2n) is 5.91. The van der Waals surface area contributed by atoms with Gasteiger partial charge in [0, 0.05) is 31.5 Å². The zero-order chi connectivity index (χ0) is 15.7. The monoisotopic (exact) mass is 294 g/mol. The number of nitrogens with zero attached hydrogens (tertiary/aromatic N) is 1. The Kier molecular flexibility index (Phi) is 8.41. The van der Waals surface area contributed by atoms with Crippen molar-refractivity contribution in [3.05, 3.63) is 0 Å². The van der Waals surface area contributed by atoms with Crippen LogP contribution in [0.1, 0.15) is 40.5 Å². The molecule has 21 heavy (non-hydrogen) atoms. The number of morpholine rings is 1. The Balaban J connectivity index is 2.31. The van der Waals surface area contributed by atoms with Crippen LogP contribution < -0.4 is 5.32 Å². The molecule has 2 unspecified atom stereocenters. The zero-order valence-electron chi connectivity index (χ0n) is 13.9. The van der Waals surface area contributed by atoms with Gasteiger partial charge < -0.3 is 10.1 Å². The molecule has 0 aromatic rings. The van der Waals surface area contributed by atoms with Crippen molar-refractivity contribution in [3.63, 3.8) is 0 Å². The molecule has 1 N–H and O–H groups in total. The van der Waals surface area contributed by atoms with Crippen molar-refractivity contribution < 1.29 is 9.53 Å². The van der Waals surface area contributed by atoms with Gasteiger partial charge in [-0.3, -0.25) is 9.69 Å². The van der Waals surface area contributed by atoms with E-state index < -0.39 is 0 Å². The molecule has 1 aliphatic rings. The third-order valence-corrected chi connectivity index (χ3v) is 4.05. The smallest absolute Gasteiger partial charge is 0.222 e. The molecule has 1 fully saturated rings. The van der Waals surface area contributed by atoms with Crippen LogP contribution in [0.2, 0.25) is 0 Å². The lowest BCUT2D eigenvalue weighted by molar-refractivity contribution is -0.125. The maximum atomic E-state index is 11.8. The highest BCUT2D eigenvalue weighted by molar-refractivity contribution is 5.78. The summed E-state index contributed by atoms with van der Waals surface area (Å²) in [6.07, 6.45) is 2.05. The number of rotatable bonds is 6. The minimum absolute atomic E-state index is 0.0751.